The van der Waals surface area contributed by atoms with Crippen molar-refractivity contribution >= 4 is 100 Å². The SMILES string of the molecule is C.CCNC(=O)CC[C@H](N)C(=O)O.CCNC(=O)CC[C@H](N)C(=O)OC.CCNC(=O)CC[C@H](NC(=O)c1cc2ccccc2oc1=O)C(=O)OC.CCO.O=C(O)c1cc2ccccc2oc1=O.O=S(Cl)Cl. The summed E-state index contributed by atoms with van der Waals surface area (Å²) in [6.45, 7) is 8.95. The first-order valence-electron chi connectivity index (χ1n) is 21.6. The second-order valence-corrected chi connectivity index (χ2v) is 16.4. The van der Waals surface area contributed by atoms with Crippen LogP contribution in [0.2, 0.25) is 0 Å². The number of nitrogens with one attached hydrogen (secondary N) is 4. The number of amides is 4. The number of para-hydroxylation sites is 2. The molecule has 4 aromatic rings. The molecule has 408 valence electrons. The lowest BCUT2D eigenvalue weighted by atomic mass is 10.1. The number of aromatic carboxylic acids is 1. The Kier molecular flexibility index (Phi) is 39.4. The fourth-order valence-corrected chi connectivity index (χ4v) is 5.16. The number of methoxy groups -OCH3 is 2. The summed E-state index contributed by atoms with van der Waals surface area (Å²) >= 11 is 0. The molecule has 0 spiro atoms. The second kappa shape index (κ2) is 40.8. The Morgan fingerprint density at radius 2 is 1.00 bits per heavy atom. The third-order valence-corrected chi connectivity index (χ3v) is 8.52. The van der Waals surface area contributed by atoms with Crippen molar-refractivity contribution in [3.8, 4) is 0 Å². The molecule has 0 aliphatic carbocycles. The Balaban J connectivity index is -0.000000897. The van der Waals surface area contributed by atoms with Crippen LogP contribution in [0, 0.1) is 0 Å². The first-order chi connectivity index (χ1) is 34.0. The molecular formula is C46H66Cl2N6O18S. The standard InChI is InChI=1S/C18H20N2O6.C10H6O4.C8H16N2O3.C7H14N2O3.C2H6O.CH4.Cl2OS/c1-3-19-15(21)9-8-13(18(24)25-2)20-16(22)12-10-11-6-4-5-7-14(11)26-17(12)23;11-9(12)7-5-6-3-1-2-4-8(6)14-10(7)13;1-3-10-7(11)5-4-6(9)8(12)13-2;1-2-9-6(10)4-3-5(8)7(11)12;1-2-3;;1-4(2)3/h4-7,10,13H,3,8-9H2,1-2H3,(H,19,21)(H,20,22);1-5H,(H,11,12);6H,3-5,9H2,1-2H3,(H,10,11);5H,2-4,8H2,1H3,(H,9,10)(H,11,12);3H,2H2,1H3;1H4;/t13-;;6-;5-;;;/m0.00.../s1. The predicted octanol–water partition coefficient (Wildman–Crippen LogP) is 2.87. The molecule has 73 heavy (non-hydrogen) atoms. The van der Waals surface area contributed by atoms with Crippen LogP contribution < -0.4 is 44.0 Å². The highest BCUT2D eigenvalue weighted by atomic mass is 36.0. The summed E-state index contributed by atoms with van der Waals surface area (Å²) < 4.78 is 28.1. The zero-order valence-corrected chi connectivity index (χ0v) is 42.7. The molecule has 0 unspecified atom stereocenters. The quantitative estimate of drug-likeness (QED) is 0.0393. The molecule has 4 amide bonds. The molecule has 11 N–H and O–H groups in total. The van der Waals surface area contributed by atoms with E-state index in [1.807, 2.05) is 6.92 Å². The minimum atomic E-state index is -1.67. The van der Waals surface area contributed by atoms with Crippen molar-refractivity contribution in [1.82, 2.24) is 21.3 Å². The van der Waals surface area contributed by atoms with Crippen molar-refractivity contribution < 1.29 is 76.2 Å². The van der Waals surface area contributed by atoms with Crippen molar-refractivity contribution in [2.75, 3.05) is 40.5 Å². The fraction of sp³-hybridized carbons (Fsp3) is 0.435. The number of hydrogen-bond acceptors (Lipinski definition) is 18. The maximum atomic E-state index is 12.4. The highest BCUT2D eigenvalue weighted by Gasteiger charge is 2.25. The van der Waals surface area contributed by atoms with Gasteiger partial charge in [-0.1, -0.05) is 43.8 Å². The lowest BCUT2D eigenvalue weighted by Gasteiger charge is -2.16. The van der Waals surface area contributed by atoms with Crippen LogP contribution in [0.4, 0.5) is 0 Å². The topological polar surface area (TPSA) is 393 Å². The van der Waals surface area contributed by atoms with Gasteiger partial charge in [-0.15, -0.1) is 0 Å². The van der Waals surface area contributed by atoms with E-state index in [9.17, 15) is 47.9 Å². The normalized spacial score (nSPS) is 11.0. The molecule has 2 heterocycles. The maximum absolute atomic E-state index is 12.4. The number of aliphatic hydroxyl groups excluding tert-OH is 1. The molecule has 27 heteroatoms. The summed E-state index contributed by atoms with van der Waals surface area (Å²) in [6, 6.07) is 13.5. The van der Waals surface area contributed by atoms with Crippen LogP contribution in [-0.2, 0) is 47.5 Å². The average Bonchev–Trinajstić information content (AvgIpc) is 3.33. The van der Waals surface area contributed by atoms with E-state index in [-0.39, 0.29) is 75.0 Å². The van der Waals surface area contributed by atoms with Crippen LogP contribution in [-0.4, -0.2) is 126 Å². The van der Waals surface area contributed by atoms with Gasteiger partial charge in [-0.05, 0) is 71.2 Å². The summed E-state index contributed by atoms with van der Waals surface area (Å²) in [4.78, 5) is 112. The fourth-order valence-electron chi connectivity index (χ4n) is 5.16. The Hall–Kier alpha value is -6.77. The smallest absolute Gasteiger partial charge is 0.351 e. The Morgan fingerprint density at radius 1 is 0.644 bits per heavy atom. The number of hydrogen-bond donors (Lipinski definition) is 9. The summed E-state index contributed by atoms with van der Waals surface area (Å²) in [5.74, 6) is -4.80. The maximum Gasteiger partial charge on any atom is 0.351 e. The summed E-state index contributed by atoms with van der Waals surface area (Å²) in [5, 5.41) is 36.0. The molecule has 2 aromatic carbocycles. The molecule has 4 rings (SSSR count). The van der Waals surface area contributed by atoms with Crippen molar-refractivity contribution in [3.05, 3.63) is 92.6 Å². The van der Waals surface area contributed by atoms with E-state index < -0.39 is 68.4 Å². The molecule has 0 radical (unpaired) electrons. The van der Waals surface area contributed by atoms with Crippen LogP contribution in [0.15, 0.2) is 79.1 Å². The van der Waals surface area contributed by atoms with Gasteiger partial charge in [0.1, 0.15) is 40.4 Å². The van der Waals surface area contributed by atoms with Crippen molar-refractivity contribution in [1.29, 1.82) is 0 Å². The Bertz CT molecular complexity index is 2500. The summed E-state index contributed by atoms with van der Waals surface area (Å²) in [6.07, 6.45) is 0.995. The van der Waals surface area contributed by atoms with E-state index in [0.717, 1.165) is 0 Å². The van der Waals surface area contributed by atoms with Gasteiger partial charge in [0.25, 0.3) is 5.91 Å². The average molecular weight is 1090 g/mol. The summed E-state index contributed by atoms with van der Waals surface area (Å²) in [5.41, 5.74) is 9.14. The molecule has 0 saturated heterocycles. The third-order valence-electron chi connectivity index (χ3n) is 8.52. The minimum absolute atomic E-state index is 0. The van der Waals surface area contributed by atoms with E-state index in [0.29, 0.717) is 48.0 Å². The molecule has 3 atom stereocenters. The van der Waals surface area contributed by atoms with Gasteiger partial charge >= 0.3 is 35.1 Å². The number of aliphatic carboxylic acids is 1. The second-order valence-electron chi connectivity index (χ2n) is 13.9. The van der Waals surface area contributed by atoms with E-state index in [2.05, 4.69) is 52.1 Å². The zero-order chi connectivity index (χ0) is 55.3. The number of aliphatic hydroxyl groups is 1. The summed E-state index contributed by atoms with van der Waals surface area (Å²) in [7, 11) is 9.81. The van der Waals surface area contributed by atoms with Crippen molar-refractivity contribution in [3.63, 3.8) is 0 Å². The number of carbonyl (C=O) groups is 8. The number of halogens is 2. The van der Waals surface area contributed by atoms with Crippen LogP contribution >= 0.6 is 21.4 Å². The van der Waals surface area contributed by atoms with E-state index >= 15 is 0 Å². The monoisotopic (exact) mass is 1090 g/mol. The Morgan fingerprint density at radius 3 is 1.37 bits per heavy atom. The van der Waals surface area contributed by atoms with Crippen LogP contribution in [0.5, 0.6) is 0 Å². The number of benzene rings is 2. The first kappa shape index (κ1) is 70.5. The molecule has 2 aromatic heterocycles. The zero-order valence-electron chi connectivity index (χ0n) is 40.4. The number of carboxylic acids is 2. The lowest BCUT2D eigenvalue weighted by Crippen LogP contribution is -2.43. The van der Waals surface area contributed by atoms with Gasteiger partial charge in [0, 0.05) is 77.6 Å². The number of nitrogens with two attached hydrogens (primary N) is 2. The highest BCUT2D eigenvalue weighted by Crippen LogP contribution is 2.14. The lowest BCUT2D eigenvalue weighted by molar-refractivity contribution is -0.143. The number of esters is 2. The van der Waals surface area contributed by atoms with Gasteiger partial charge in [0.2, 0.25) is 26.9 Å². The number of ether oxygens (including phenoxy) is 2. The third kappa shape index (κ3) is 31.3. The van der Waals surface area contributed by atoms with E-state index in [4.69, 9.17) is 39.8 Å². The van der Waals surface area contributed by atoms with E-state index in [1.54, 1.807) is 69.3 Å². The van der Waals surface area contributed by atoms with Gasteiger partial charge in [-0.2, -0.15) is 0 Å². The number of fused-ring (bicyclic) bond motifs is 2. The Labute approximate surface area is 432 Å². The largest absolute Gasteiger partial charge is 0.480 e. The number of carboxylic acid groups (broad SMARTS) is 2. The molecule has 0 aliphatic heterocycles. The van der Waals surface area contributed by atoms with Crippen molar-refractivity contribution in [2.45, 2.75) is 91.8 Å². The molecular weight excluding hydrogens is 1030 g/mol. The molecule has 0 bridgehead atoms. The van der Waals surface area contributed by atoms with Crippen molar-refractivity contribution in [2.24, 2.45) is 11.5 Å². The van der Waals surface area contributed by atoms with Gasteiger partial charge in [0.15, 0.2) is 0 Å². The molecule has 24 nitrogen and oxygen atoms in total. The highest BCUT2D eigenvalue weighted by molar-refractivity contribution is 8.26. The molecule has 0 fully saturated rings. The minimum Gasteiger partial charge on any atom is -0.480 e. The van der Waals surface area contributed by atoms with Gasteiger partial charge in [-0.25, -0.2) is 23.4 Å². The van der Waals surface area contributed by atoms with Gasteiger partial charge in [0.05, 0.1) is 14.2 Å². The number of rotatable bonds is 18. The van der Waals surface area contributed by atoms with Gasteiger partial charge < -0.3 is 66.4 Å². The van der Waals surface area contributed by atoms with Crippen LogP contribution in [0.1, 0.15) is 94.4 Å². The van der Waals surface area contributed by atoms with Gasteiger partial charge in [-0.3, -0.25) is 28.8 Å². The van der Waals surface area contributed by atoms with Crippen LogP contribution in [0.25, 0.3) is 21.9 Å². The van der Waals surface area contributed by atoms with Crippen LogP contribution in [0.3, 0.4) is 0 Å². The first-order valence-corrected chi connectivity index (χ1v) is 24.4. The van der Waals surface area contributed by atoms with E-state index in [1.165, 1.54) is 26.4 Å². The molecule has 0 saturated carbocycles. The number of carbonyl (C=O) groups excluding carboxylic acids is 6. The predicted molar refractivity (Wildman–Crippen MR) is 274 cm³/mol. The molecule has 0 aliphatic rings.